The van der Waals surface area contributed by atoms with E-state index in [9.17, 15) is 38.2 Å². The Kier molecular flexibility index (Phi) is 5.87. The number of para-hydroxylation sites is 1. The number of aromatic nitrogens is 2. The molecule has 0 bridgehead atoms. The summed E-state index contributed by atoms with van der Waals surface area (Å²) >= 11 is 0. The highest BCUT2D eigenvalue weighted by Gasteiger charge is 2.38. The van der Waals surface area contributed by atoms with Crippen molar-refractivity contribution in [1.29, 1.82) is 0 Å². The third kappa shape index (κ3) is 4.62. The molecule has 4 rings (SSSR count). The summed E-state index contributed by atoms with van der Waals surface area (Å²) in [4.78, 5) is 38.0. The number of benzene rings is 3. The number of non-ortho nitro benzene ring substituents is 1. The lowest BCUT2D eigenvalue weighted by molar-refractivity contribution is -0.388. The number of halogens is 3. The minimum Gasteiger partial charge on any atom is -0.268 e. The van der Waals surface area contributed by atoms with Crippen LogP contribution in [-0.2, 0) is 6.18 Å². The van der Waals surface area contributed by atoms with Gasteiger partial charge in [0.05, 0.1) is 26.4 Å². The van der Waals surface area contributed by atoms with Gasteiger partial charge in [-0.3, -0.25) is 29.6 Å². The summed E-state index contributed by atoms with van der Waals surface area (Å²) in [6.45, 7) is 0. The first-order valence-electron chi connectivity index (χ1n) is 9.86. The number of nitrogens with zero attached hydrogens (tertiary/aromatic N) is 4. The molecule has 0 unspecified atom stereocenters. The van der Waals surface area contributed by atoms with Gasteiger partial charge in [-0.2, -0.15) is 13.2 Å². The first kappa shape index (κ1) is 23.3. The van der Waals surface area contributed by atoms with Crippen LogP contribution in [-0.4, -0.2) is 19.4 Å². The van der Waals surface area contributed by atoms with E-state index in [1.807, 2.05) is 0 Å². The zero-order chi connectivity index (χ0) is 25.3. The summed E-state index contributed by atoms with van der Waals surface area (Å²) in [6, 6.07) is 14.0. The number of alkyl halides is 3. The van der Waals surface area contributed by atoms with Crippen LogP contribution in [0, 0.1) is 20.2 Å². The highest BCUT2D eigenvalue weighted by Crippen LogP contribution is 2.37. The highest BCUT2D eigenvalue weighted by molar-refractivity contribution is 5.80. The minimum atomic E-state index is -5.05. The average molecular weight is 482 g/mol. The van der Waals surface area contributed by atoms with Crippen molar-refractivity contribution in [2.24, 2.45) is 0 Å². The lowest BCUT2D eigenvalue weighted by Crippen LogP contribution is -2.23. The number of hydrogen-bond acceptors (Lipinski definition) is 6. The van der Waals surface area contributed by atoms with E-state index >= 15 is 0 Å². The van der Waals surface area contributed by atoms with Crippen LogP contribution in [0.3, 0.4) is 0 Å². The summed E-state index contributed by atoms with van der Waals surface area (Å²) in [6.07, 6.45) is -2.32. The van der Waals surface area contributed by atoms with Crippen LogP contribution in [0.4, 0.5) is 24.5 Å². The van der Waals surface area contributed by atoms with Crippen molar-refractivity contribution < 1.29 is 23.0 Å². The average Bonchev–Trinajstić information content (AvgIpc) is 2.82. The summed E-state index contributed by atoms with van der Waals surface area (Å²) in [7, 11) is 0. The maximum Gasteiger partial charge on any atom is 0.423 e. The molecule has 0 atom stereocenters. The molecule has 0 aliphatic carbocycles. The van der Waals surface area contributed by atoms with Crippen LogP contribution in [0.15, 0.2) is 71.5 Å². The molecule has 1 aromatic heterocycles. The fourth-order valence-electron chi connectivity index (χ4n) is 3.47. The zero-order valence-corrected chi connectivity index (χ0v) is 17.5. The minimum absolute atomic E-state index is 0.0813. The van der Waals surface area contributed by atoms with Crippen molar-refractivity contribution in [2.45, 2.75) is 6.18 Å². The zero-order valence-electron chi connectivity index (χ0n) is 17.5. The second-order valence-electron chi connectivity index (χ2n) is 7.27. The van der Waals surface area contributed by atoms with Crippen molar-refractivity contribution in [2.75, 3.05) is 0 Å². The van der Waals surface area contributed by atoms with Crippen LogP contribution in [0.1, 0.15) is 17.0 Å². The van der Waals surface area contributed by atoms with E-state index in [4.69, 9.17) is 0 Å². The van der Waals surface area contributed by atoms with Crippen molar-refractivity contribution >= 4 is 34.4 Å². The Morgan fingerprint density at radius 3 is 2.31 bits per heavy atom. The van der Waals surface area contributed by atoms with E-state index in [1.54, 1.807) is 24.3 Å². The van der Waals surface area contributed by atoms with Crippen LogP contribution in [0.2, 0.25) is 0 Å². The quantitative estimate of drug-likeness (QED) is 0.278. The number of nitro groups is 2. The van der Waals surface area contributed by atoms with E-state index < -0.39 is 32.8 Å². The van der Waals surface area contributed by atoms with Crippen LogP contribution in [0.5, 0.6) is 0 Å². The second-order valence-corrected chi connectivity index (χ2v) is 7.27. The SMILES string of the molecule is O=c1c2ccccc2nc(C=Cc2cccc([N+](=O)[O-])c2)n1-c1ccc([N+](=O)[O-])c(C(F)(F)F)c1. The molecular weight excluding hydrogens is 469 g/mol. The topological polar surface area (TPSA) is 121 Å². The molecule has 35 heavy (non-hydrogen) atoms. The molecule has 0 aliphatic heterocycles. The molecule has 0 saturated heterocycles. The molecule has 0 spiro atoms. The predicted octanol–water partition coefficient (Wildman–Crippen LogP) is 5.39. The van der Waals surface area contributed by atoms with Crippen molar-refractivity contribution in [3.05, 3.63) is 114 Å². The van der Waals surface area contributed by atoms with Gasteiger partial charge in [0, 0.05) is 18.2 Å². The van der Waals surface area contributed by atoms with E-state index in [1.165, 1.54) is 36.4 Å². The molecule has 0 fully saturated rings. The molecule has 0 N–H and O–H groups in total. The molecule has 0 aliphatic rings. The maximum absolute atomic E-state index is 13.6. The van der Waals surface area contributed by atoms with Gasteiger partial charge in [-0.15, -0.1) is 0 Å². The van der Waals surface area contributed by atoms with Gasteiger partial charge in [-0.05, 0) is 35.9 Å². The number of rotatable bonds is 5. The van der Waals surface area contributed by atoms with Gasteiger partial charge in [0.2, 0.25) is 0 Å². The van der Waals surface area contributed by atoms with E-state index in [2.05, 4.69) is 4.98 Å². The molecule has 4 aromatic rings. The van der Waals surface area contributed by atoms with E-state index in [0.29, 0.717) is 17.7 Å². The lowest BCUT2D eigenvalue weighted by atomic mass is 10.1. The molecule has 0 saturated carbocycles. The molecule has 3 aromatic carbocycles. The van der Waals surface area contributed by atoms with Crippen LogP contribution >= 0.6 is 0 Å². The Bertz CT molecular complexity index is 1580. The monoisotopic (exact) mass is 482 g/mol. The molecule has 9 nitrogen and oxygen atoms in total. The third-order valence-corrected chi connectivity index (χ3v) is 5.05. The van der Waals surface area contributed by atoms with Crippen LogP contribution in [0.25, 0.3) is 28.7 Å². The molecule has 0 radical (unpaired) electrons. The Morgan fingerprint density at radius 2 is 1.63 bits per heavy atom. The Labute approximate surface area is 193 Å². The van der Waals surface area contributed by atoms with E-state index in [0.717, 1.165) is 10.6 Å². The Morgan fingerprint density at radius 1 is 0.886 bits per heavy atom. The van der Waals surface area contributed by atoms with Crippen LogP contribution < -0.4 is 5.56 Å². The van der Waals surface area contributed by atoms with Crippen molar-refractivity contribution in [1.82, 2.24) is 9.55 Å². The standard InChI is InChI=1S/C23H13F3N4O5/c24-23(25,26)18-13-15(9-10-20(18)30(34)35)28-21(27-19-7-2-1-6-17(19)22(28)31)11-8-14-4-3-5-16(12-14)29(32)33/h1-13H. The predicted molar refractivity (Wildman–Crippen MR) is 121 cm³/mol. The van der Waals surface area contributed by atoms with E-state index in [-0.39, 0.29) is 28.1 Å². The summed E-state index contributed by atoms with van der Waals surface area (Å²) in [5, 5.41) is 22.3. The maximum atomic E-state index is 13.6. The third-order valence-electron chi connectivity index (χ3n) is 5.05. The number of hydrogen-bond donors (Lipinski definition) is 0. The largest absolute Gasteiger partial charge is 0.423 e. The second kappa shape index (κ2) is 8.82. The fourth-order valence-corrected chi connectivity index (χ4v) is 3.47. The van der Waals surface area contributed by atoms with Gasteiger partial charge < -0.3 is 0 Å². The van der Waals surface area contributed by atoms with Gasteiger partial charge >= 0.3 is 6.18 Å². The molecular formula is C23H13F3N4O5. The molecule has 176 valence electrons. The summed E-state index contributed by atoms with van der Waals surface area (Å²) in [5.41, 5.74) is -3.19. The summed E-state index contributed by atoms with van der Waals surface area (Å²) < 4.78 is 41.6. The normalized spacial score (nSPS) is 11.7. The van der Waals surface area contributed by atoms with Crippen molar-refractivity contribution in [3.63, 3.8) is 0 Å². The van der Waals surface area contributed by atoms with Gasteiger partial charge in [-0.25, -0.2) is 4.98 Å². The molecule has 1 heterocycles. The Hall–Kier alpha value is -4.87. The molecule has 0 amide bonds. The van der Waals surface area contributed by atoms with Gasteiger partial charge in [0.15, 0.2) is 0 Å². The van der Waals surface area contributed by atoms with Crippen molar-refractivity contribution in [3.8, 4) is 5.69 Å². The van der Waals surface area contributed by atoms with Gasteiger partial charge in [0.1, 0.15) is 11.4 Å². The molecule has 12 heteroatoms. The highest BCUT2D eigenvalue weighted by atomic mass is 19.4. The fraction of sp³-hybridized carbons (Fsp3) is 0.0435. The van der Waals surface area contributed by atoms with Gasteiger partial charge in [0.25, 0.3) is 16.9 Å². The first-order valence-corrected chi connectivity index (χ1v) is 9.86. The lowest BCUT2D eigenvalue weighted by Gasteiger charge is -2.14. The Balaban J connectivity index is 1.96. The summed E-state index contributed by atoms with van der Waals surface area (Å²) in [5.74, 6) is -0.0813. The number of fused-ring (bicyclic) bond motifs is 1. The smallest absolute Gasteiger partial charge is 0.268 e. The number of nitro benzene ring substituents is 2. The first-order chi connectivity index (χ1) is 16.6. The van der Waals surface area contributed by atoms with Gasteiger partial charge in [-0.1, -0.05) is 30.3 Å².